The van der Waals surface area contributed by atoms with E-state index in [1.807, 2.05) is 0 Å². The van der Waals surface area contributed by atoms with E-state index in [0.29, 0.717) is 6.07 Å². The molecule has 1 heterocycles. The van der Waals surface area contributed by atoms with E-state index in [4.69, 9.17) is 11.6 Å². The molecule has 3 nitrogen and oxygen atoms in total. The average Bonchev–Trinajstić information content (AvgIpc) is 2.33. The molecule has 0 atom stereocenters. The first-order valence-electron chi connectivity index (χ1n) is 6.42. The lowest BCUT2D eigenvalue weighted by atomic mass is 10.1. The van der Waals surface area contributed by atoms with E-state index in [2.05, 4.69) is 5.32 Å². The molecule has 10 heteroatoms. The Morgan fingerprint density at radius 3 is 2.35 bits per heavy atom. The van der Waals surface area contributed by atoms with Crippen LogP contribution in [0.15, 0.2) is 18.2 Å². The van der Waals surface area contributed by atoms with Crippen LogP contribution in [0.2, 0.25) is 5.02 Å². The lowest BCUT2D eigenvalue weighted by Crippen LogP contribution is -2.60. The zero-order valence-electron chi connectivity index (χ0n) is 11.4. The molecule has 1 amide bonds. The molecule has 1 saturated heterocycles. The van der Waals surface area contributed by atoms with Crippen LogP contribution in [0.1, 0.15) is 15.9 Å². The molecule has 23 heavy (non-hydrogen) atoms. The van der Waals surface area contributed by atoms with Crippen LogP contribution < -0.4 is 5.32 Å². The van der Waals surface area contributed by atoms with Gasteiger partial charge in [0, 0.05) is 18.7 Å². The molecule has 128 valence electrons. The van der Waals surface area contributed by atoms with Crippen molar-refractivity contribution in [3.63, 3.8) is 0 Å². The topological polar surface area (TPSA) is 32.3 Å². The maximum absolute atomic E-state index is 12.7. The molecule has 0 unspecified atom stereocenters. The lowest BCUT2D eigenvalue weighted by molar-refractivity contribution is -0.155. The number of hydrogen-bond donors (Lipinski definition) is 1. The third kappa shape index (κ3) is 4.74. The van der Waals surface area contributed by atoms with Crippen LogP contribution in [-0.2, 0) is 6.18 Å². The summed E-state index contributed by atoms with van der Waals surface area (Å²) in [7, 11) is 0. The normalized spacial score (nSPS) is 17.0. The van der Waals surface area contributed by atoms with Crippen LogP contribution in [-0.4, -0.2) is 42.7 Å². The molecule has 1 fully saturated rings. The van der Waals surface area contributed by atoms with Crippen LogP contribution in [0.25, 0.3) is 0 Å². The first kappa shape index (κ1) is 17.9. The van der Waals surface area contributed by atoms with Gasteiger partial charge in [-0.2, -0.15) is 26.3 Å². The minimum absolute atomic E-state index is 0.00896. The Balaban J connectivity index is 1.95. The standard InChI is InChI=1S/C13H11ClF6N2O/c14-10-2-1-7(3-9(10)13(18,19)20)11(23)21-8-4-22(5-8)6-12(15,16)17/h1-3,8H,4-6H2,(H,21,23). The van der Waals surface area contributed by atoms with Crippen molar-refractivity contribution in [3.05, 3.63) is 34.3 Å². The fourth-order valence-corrected chi connectivity index (χ4v) is 2.42. The minimum Gasteiger partial charge on any atom is -0.347 e. The Morgan fingerprint density at radius 2 is 1.83 bits per heavy atom. The number of hydrogen-bond acceptors (Lipinski definition) is 2. The lowest BCUT2D eigenvalue weighted by Gasteiger charge is -2.39. The SMILES string of the molecule is O=C(NC1CN(CC(F)(F)F)C1)c1ccc(Cl)c(C(F)(F)F)c1. The van der Waals surface area contributed by atoms with Crippen molar-refractivity contribution in [2.45, 2.75) is 18.4 Å². The molecule has 0 aliphatic carbocycles. The third-order valence-electron chi connectivity index (χ3n) is 3.23. The molecule has 1 aromatic carbocycles. The number of alkyl halides is 6. The Labute approximate surface area is 132 Å². The number of carbonyl (C=O) groups excluding carboxylic acids is 1. The number of halogens is 7. The Bertz CT molecular complexity index is 595. The summed E-state index contributed by atoms with van der Waals surface area (Å²) in [6, 6.07) is 2.16. The Morgan fingerprint density at radius 1 is 1.22 bits per heavy atom. The van der Waals surface area contributed by atoms with Crippen LogP contribution in [0.5, 0.6) is 0 Å². The van der Waals surface area contributed by atoms with Gasteiger partial charge in [-0.15, -0.1) is 0 Å². The van der Waals surface area contributed by atoms with Crippen molar-refractivity contribution in [2.24, 2.45) is 0 Å². The molecule has 0 radical (unpaired) electrons. The first-order valence-corrected chi connectivity index (χ1v) is 6.80. The number of nitrogens with one attached hydrogen (secondary N) is 1. The summed E-state index contributed by atoms with van der Waals surface area (Å²) in [6.45, 7) is -1.10. The number of rotatable bonds is 3. The van der Waals surface area contributed by atoms with Gasteiger partial charge in [0.25, 0.3) is 5.91 Å². The van der Waals surface area contributed by atoms with E-state index in [1.54, 1.807) is 0 Å². The summed E-state index contributed by atoms with van der Waals surface area (Å²) in [5, 5.41) is 1.85. The highest BCUT2D eigenvalue weighted by molar-refractivity contribution is 6.31. The maximum Gasteiger partial charge on any atom is 0.417 e. The maximum atomic E-state index is 12.7. The minimum atomic E-state index is -4.70. The second kappa shape index (κ2) is 6.20. The fraction of sp³-hybridized carbons (Fsp3) is 0.462. The quantitative estimate of drug-likeness (QED) is 0.839. The van der Waals surface area contributed by atoms with Gasteiger partial charge in [-0.1, -0.05) is 11.6 Å². The van der Waals surface area contributed by atoms with Crippen LogP contribution >= 0.6 is 11.6 Å². The van der Waals surface area contributed by atoms with E-state index in [9.17, 15) is 31.1 Å². The van der Waals surface area contributed by atoms with Gasteiger partial charge in [0.1, 0.15) is 0 Å². The Kier molecular flexibility index (Phi) is 4.81. The molecule has 1 aliphatic heterocycles. The van der Waals surface area contributed by atoms with Gasteiger partial charge < -0.3 is 5.32 Å². The number of nitrogens with zero attached hydrogens (tertiary/aromatic N) is 1. The average molecular weight is 361 g/mol. The molecule has 1 aliphatic rings. The van der Waals surface area contributed by atoms with E-state index in [0.717, 1.165) is 17.0 Å². The van der Waals surface area contributed by atoms with Gasteiger partial charge in [0.05, 0.1) is 23.2 Å². The summed E-state index contributed by atoms with van der Waals surface area (Å²) < 4.78 is 74.5. The number of likely N-dealkylation sites (tertiary alicyclic amines) is 1. The van der Waals surface area contributed by atoms with Crippen molar-refractivity contribution < 1.29 is 31.1 Å². The summed E-state index contributed by atoms with van der Waals surface area (Å²) >= 11 is 5.45. The highest BCUT2D eigenvalue weighted by Gasteiger charge is 2.38. The number of amides is 1. The summed E-state index contributed by atoms with van der Waals surface area (Å²) in [4.78, 5) is 12.9. The molecular weight excluding hydrogens is 350 g/mol. The van der Waals surface area contributed by atoms with Gasteiger partial charge in [-0.05, 0) is 18.2 Å². The van der Waals surface area contributed by atoms with Crippen molar-refractivity contribution in [3.8, 4) is 0 Å². The van der Waals surface area contributed by atoms with Gasteiger partial charge in [-0.3, -0.25) is 9.69 Å². The highest BCUT2D eigenvalue weighted by atomic mass is 35.5. The number of benzene rings is 1. The van der Waals surface area contributed by atoms with E-state index < -0.39 is 41.4 Å². The van der Waals surface area contributed by atoms with Gasteiger partial charge in [0.15, 0.2) is 0 Å². The fourth-order valence-electron chi connectivity index (χ4n) is 2.20. The molecule has 0 aromatic heterocycles. The van der Waals surface area contributed by atoms with Gasteiger partial charge in [0.2, 0.25) is 0 Å². The third-order valence-corrected chi connectivity index (χ3v) is 3.56. The predicted octanol–water partition coefficient (Wildman–Crippen LogP) is 3.34. The predicted molar refractivity (Wildman–Crippen MR) is 70.2 cm³/mol. The highest BCUT2D eigenvalue weighted by Crippen LogP contribution is 2.35. The largest absolute Gasteiger partial charge is 0.417 e. The van der Waals surface area contributed by atoms with Crippen molar-refractivity contribution in [1.82, 2.24) is 10.2 Å². The van der Waals surface area contributed by atoms with Crippen molar-refractivity contribution in [1.29, 1.82) is 0 Å². The van der Waals surface area contributed by atoms with Crippen molar-refractivity contribution >= 4 is 17.5 Å². The van der Waals surface area contributed by atoms with Crippen molar-refractivity contribution in [2.75, 3.05) is 19.6 Å². The van der Waals surface area contributed by atoms with Crippen LogP contribution in [0, 0.1) is 0 Å². The van der Waals surface area contributed by atoms with Gasteiger partial charge >= 0.3 is 12.4 Å². The van der Waals surface area contributed by atoms with Gasteiger partial charge in [-0.25, -0.2) is 0 Å². The number of carbonyl (C=O) groups is 1. The smallest absolute Gasteiger partial charge is 0.347 e. The molecular formula is C13H11ClF6N2O. The zero-order valence-corrected chi connectivity index (χ0v) is 12.2. The summed E-state index contributed by atoms with van der Waals surface area (Å²) in [5.74, 6) is -0.788. The molecule has 0 saturated carbocycles. The van der Waals surface area contributed by atoms with E-state index in [1.165, 1.54) is 0 Å². The summed E-state index contributed by atoms with van der Waals surface area (Å²) in [5.41, 5.74) is -1.39. The zero-order chi connectivity index (χ0) is 17.4. The molecule has 1 N–H and O–H groups in total. The second-order valence-corrected chi connectivity index (χ2v) is 5.58. The van der Waals surface area contributed by atoms with Crippen LogP contribution in [0.4, 0.5) is 26.3 Å². The Hall–Kier alpha value is -1.48. The second-order valence-electron chi connectivity index (χ2n) is 5.17. The van der Waals surface area contributed by atoms with E-state index >= 15 is 0 Å². The van der Waals surface area contributed by atoms with E-state index in [-0.39, 0.29) is 18.7 Å². The molecule has 0 bridgehead atoms. The summed E-state index contributed by atoms with van der Waals surface area (Å²) in [6.07, 6.45) is -9.03. The monoisotopic (exact) mass is 360 g/mol. The molecule has 0 spiro atoms. The molecule has 1 aromatic rings. The molecule has 2 rings (SSSR count). The van der Waals surface area contributed by atoms with Crippen LogP contribution in [0.3, 0.4) is 0 Å². The first-order chi connectivity index (χ1) is 10.5.